The molecule has 0 bridgehead atoms. The van der Waals surface area contributed by atoms with Gasteiger partial charge in [0.05, 0.1) is 0 Å². The third kappa shape index (κ3) is 3.45. The Morgan fingerprint density at radius 3 is 2.60 bits per heavy atom. The van der Waals surface area contributed by atoms with E-state index >= 15 is 0 Å². The van der Waals surface area contributed by atoms with Gasteiger partial charge in [-0.25, -0.2) is 9.78 Å². The normalized spacial score (nSPS) is 16.7. The molecule has 5 nitrogen and oxygen atoms in total. The number of aromatic nitrogens is 1. The number of carbonyl (C=O) groups is 1. The second-order valence-corrected chi connectivity index (χ2v) is 6.94. The maximum absolute atomic E-state index is 12.5. The minimum atomic E-state index is -0.00513. The number of benzene rings is 1. The molecule has 4 rings (SSSR count). The van der Waals surface area contributed by atoms with Gasteiger partial charge in [-0.3, -0.25) is 0 Å². The number of hydrogen-bond acceptors (Lipinski definition) is 3. The van der Waals surface area contributed by atoms with E-state index in [2.05, 4.69) is 39.5 Å². The molecule has 0 spiro atoms. The van der Waals surface area contributed by atoms with Crippen LogP contribution in [-0.2, 0) is 12.8 Å². The Morgan fingerprint density at radius 2 is 1.84 bits per heavy atom. The minimum absolute atomic E-state index is 0.00513. The van der Waals surface area contributed by atoms with E-state index < -0.39 is 0 Å². The zero-order chi connectivity index (χ0) is 17.2. The molecule has 25 heavy (non-hydrogen) atoms. The van der Waals surface area contributed by atoms with Crippen molar-refractivity contribution in [1.82, 2.24) is 9.88 Å². The minimum Gasteiger partial charge on any atom is -0.353 e. The summed E-state index contributed by atoms with van der Waals surface area (Å²) < 4.78 is 0. The highest BCUT2D eigenvalue weighted by molar-refractivity contribution is 5.89. The number of pyridine rings is 1. The van der Waals surface area contributed by atoms with Crippen molar-refractivity contribution < 1.29 is 4.79 Å². The van der Waals surface area contributed by atoms with Gasteiger partial charge in [0.15, 0.2) is 0 Å². The molecular formula is C20H24N4O. The summed E-state index contributed by atoms with van der Waals surface area (Å²) in [5.74, 6) is 0.990. The number of piperazine rings is 1. The molecule has 1 aliphatic heterocycles. The molecule has 2 aromatic rings. The second kappa shape index (κ2) is 6.75. The van der Waals surface area contributed by atoms with Crippen LogP contribution < -0.4 is 10.2 Å². The third-order valence-corrected chi connectivity index (χ3v) is 5.14. The van der Waals surface area contributed by atoms with Crippen molar-refractivity contribution in [2.75, 3.05) is 36.4 Å². The lowest BCUT2D eigenvalue weighted by molar-refractivity contribution is 0.208. The summed E-state index contributed by atoms with van der Waals surface area (Å²) >= 11 is 0. The molecule has 1 aliphatic carbocycles. The van der Waals surface area contributed by atoms with Crippen LogP contribution in [0, 0.1) is 6.92 Å². The van der Waals surface area contributed by atoms with Crippen LogP contribution in [0.3, 0.4) is 0 Å². The molecule has 1 aromatic carbocycles. The van der Waals surface area contributed by atoms with Gasteiger partial charge in [0.25, 0.3) is 0 Å². The molecular weight excluding hydrogens is 312 g/mol. The Morgan fingerprint density at radius 1 is 1.04 bits per heavy atom. The maximum Gasteiger partial charge on any atom is 0.321 e. The standard InChI is InChI=1S/C20H24N4O/c1-15-5-8-19(21-14-15)23-9-11-24(12-10-23)20(25)22-18-7-6-16-3-2-4-17(16)13-18/h5-8,13-14H,2-4,9-12H2,1H3,(H,22,25). The van der Waals surface area contributed by atoms with Gasteiger partial charge in [0, 0.05) is 38.1 Å². The fourth-order valence-corrected chi connectivity index (χ4v) is 3.64. The van der Waals surface area contributed by atoms with Crippen molar-refractivity contribution >= 4 is 17.5 Å². The highest BCUT2D eigenvalue weighted by Crippen LogP contribution is 2.25. The van der Waals surface area contributed by atoms with Crippen molar-refractivity contribution in [3.05, 3.63) is 53.2 Å². The monoisotopic (exact) mass is 336 g/mol. The predicted octanol–water partition coefficient (Wildman–Crippen LogP) is 3.23. The summed E-state index contributed by atoms with van der Waals surface area (Å²) in [5, 5.41) is 3.06. The lowest BCUT2D eigenvalue weighted by Crippen LogP contribution is -2.50. The van der Waals surface area contributed by atoms with Gasteiger partial charge in [-0.05, 0) is 61.1 Å². The zero-order valence-corrected chi connectivity index (χ0v) is 14.7. The van der Waals surface area contributed by atoms with Gasteiger partial charge in [-0.15, -0.1) is 0 Å². The topological polar surface area (TPSA) is 48.5 Å². The van der Waals surface area contributed by atoms with E-state index in [0.717, 1.165) is 36.6 Å². The molecule has 0 unspecified atom stereocenters. The summed E-state index contributed by atoms with van der Waals surface area (Å²) in [7, 11) is 0. The second-order valence-electron chi connectivity index (χ2n) is 6.94. The summed E-state index contributed by atoms with van der Waals surface area (Å²) in [6, 6.07) is 10.4. The van der Waals surface area contributed by atoms with Crippen LogP contribution in [0.2, 0.25) is 0 Å². The summed E-state index contributed by atoms with van der Waals surface area (Å²) in [6.45, 7) is 5.10. The first kappa shape index (κ1) is 15.9. The van der Waals surface area contributed by atoms with E-state index in [1.165, 1.54) is 24.0 Å². The van der Waals surface area contributed by atoms with Crippen LogP contribution in [0.1, 0.15) is 23.1 Å². The number of fused-ring (bicyclic) bond motifs is 1. The van der Waals surface area contributed by atoms with Gasteiger partial charge in [0.2, 0.25) is 0 Å². The highest BCUT2D eigenvalue weighted by atomic mass is 16.2. The van der Waals surface area contributed by atoms with Crippen molar-refractivity contribution in [3.63, 3.8) is 0 Å². The molecule has 5 heteroatoms. The maximum atomic E-state index is 12.5. The Balaban J connectivity index is 1.34. The van der Waals surface area contributed by atoms with Crippen LogP contribution in [0.4, 0.5) is 16.3 Å². The molecule has 0 saturated carbocycles. The average Bonchev–Trinajstić information content (AvgIpc) is 3.10. The van der Waals surface area contributed by atoms with Gasteiger partial charge in [-0.2, -0.15) is 0 Å². The van der Waals surface area contributed by atoms with Gasteiger partial charge in [0.1, 0.15) is 5.82 Å². The summed E-state index contributed by atoms with van der Waals surface area (Å²) in [5.41, 5.74) is 4.88. The molecule has 2 amide bonds. The van der Waals surface area contributed by atoms with Gasteiger partial charge in [-0.1, -0.05) is 12.1 Å². The number of carbonyl (C=O) groups excluding carboxylic acids is 1. The fourth-order valence-electron chi connectivity index (χ4n) is 3.64. The summed E-state index contributed by atoms with van der Waals surface area (Å²) in [6.07, 6.45) is 5.41. The van der Waals surface area contributed by atoms with Crippen molar-refractivity contribution in [2.24, 2.45) is 0 Å². The quantitative estimate of drug-likeness (QED) is 0.916. The lowest BCUT2D eigenvalue weighted by Gasteiger charge is -2.35. The lowest BCUT2D eigenvalue weighted by atomic mass is 10.1. The van der Waals surface area contributed by atoms with Crippen molar-refractivity contribution in [1.29, 1.82) is 0 Å². The predicted molar refractivity (Wildman–Crippen MR) is 100 cm³/mol. The Kier molecular flexibility index (Phi) is 4.30. The van der Waals surface area contributed by atoms with Crippen LogP contribution in [0.15, 0.2) is 36.5 Å². The Bertz CT molecular complexity index is 764. The molecule has 2 aliphatic rings. The van der Waals surface area contributed by atoms with E-state index in [1.807, 2.05) is 24.1 Å². The first-order valence-electron chi connectivity index (χ1n) is 9.04. The number of nitrogens with one attached hydrogen (secondary N) is 1. The molecule has 130 valence electrons. The van der Waals surface area contributed by atoms with Gasteiger partial charge >= 0.3 is 6.03 Å². The Labute approximate surface area is 148 Å². The summed E-state index contributed by atoms with van der Waals surface area (Å²) in [4.78, 5) is 21.1. The van der Waals surface area contributed by atoms with E-state index in [1.54, 1.807) is 0 Å². The van der Waals surface area contributed by atoms with Crippen LogP contribution in [0.25, 0.3) is 0 Å². The first-order valence-corrected chi connectivity index (χ1v) is 9.04. The molecule has 1 fully saturated rings. The van der Waals surface area contributed by atoms with Crippen molar-refractivity contribution in [3.8, 4) is 0 Å². The van der Waals surface area contributed by atoms with E-state index in [-0.39, 0.29) is 6.03 Å². The van der Waals surface area contributed by atoms with Crippen molar-refractivity contribution in [2.45, 2.75) is 26.2 Å². The molecule has 1 N–H and O–H groups in total. The Hall–Kier alpha value is -2.56. The van der Waals surface area contributed by atoms with Gasteiger partial charge < -0.3 is 15.1 Å². The van der Waals surface area contributed by atoms with Crippen LogP contribution in [0.5, 0.6) is 0 Å². The van der Waals surface area contributed by atoms with E-state index in [4.69, 9.17) is 0 Å². The number of hydrogen-bond donors (Lipinski definition) is 1. The number of aryl methyl sites for hydroxylation is 3. The number of amides is 2. The molecule has 1 saturated heterocycles. The number of anilines is 2. The molecule has 0 atom stereocenters. The van der Waals surface area contributed by atoms with Crippen LogP contribution in [-0.4, -0.2) is 42.1 Å². The van der Waals surface area contributed by atoms with Crippen LogP contribution >= 0.6 is 0 Å². The van der Waals surface area contributed by atoms with E-state index in [9.17, 15) is 4.79 Å². The zero-order valence-electron chi connectivity index (χ0n) is 14.7. The fraction of sp³-hybridized carbons (Fsp3) is 0.400. The molecule has 2 heterocycles. The first-order chi connectivity index (χ1) is 12.2. The largest absolute Gasteiger partial charge is 0.353 e. The average molecular weight is 336 g/mol. The number of rotatable bonds is 2. The smallest absolute Gasteiger partial charge is 0.321 e. The highest BCUT2D eigenvalue weighted by Gasteiger charge is 2.22. The SMILES string of the molecule is Cc1ccc(N2CCN(C(=O)Nc3ccc4c(c3)CCC4)CC2)nc1. The van der Waals surface area contributed by atoms with E-state index in [0.29, 0.717) is 13.1 Å². The third-order valence-electron chi connectivity index (χ3n) is 5.14. The molecule has 0 radical (unpaired) electrons. The number of urea groups is 1. The molecule has 1 aromatic heterocycles. The number of nitrogens with zero attached hydrogens (tertiary/aromatic N) is 3.